The van der Waals surface area contributed by atoms with Crippen LogP contribution >= 0.6 is 0 Å². The summed E-state index contributed by atoms with van der Waals surface area (Å²) < 4.78 is 8.84. The SMILES string of the molecule is c1ccc(-c2nc(-n3c4ccc(-c5ccc6ccccc6c5)cc4c4c5ccccc5ccc43)nc3c2oc2cc4ccccc4cc23)cc1. The van der Waals surface area contributed by atoms with Gasteiger partial charge in [0.15, 0.2) is 5.58 Å². The van der Waals surface area contributed by atoms with Crippen LogP contribution < -0.4 is 0 Å². The average Bonchev–Trinajstić information content (AvgIpc) is 3.71. The molecule has 4 nitrogen and oxygen atoms in total. The van der Waals surface area contributed by atoms with E-state index in [0.29, 0.717) is 11.5 Å². The van der Waals surface area contributed by atoms with E-state index in [9.17, 15) is 0 Å². The van der Waals surface area contributed by atoms with Gasteiger partial charge >= 0.3 is 0 Å². The molecular formula is C46H27N3O. The Morgan fingerprint density at radius 3 is 1.90 bits per heavy atom. The molecule has 0 saturated carbocycles. The lowest BCUT2D eigenvalue weighted by molar-refractivity contribution is 0.667. The number of fused-ring (bicyclic) bond motifs is 10. The normalized spacial score (nSPS) is 12.0. The van der Waals surface area contributed by atoms with Crippen molar-refractivity contribution in [1.82, 2.24) is 14.5 Å². The van der Waals surface area contributed by atoms with Gasteiger partial charge in [-0.25, -0.2) is 9.97 Å². The van der Waals surface area contributed by atoms with Gasteiger partial charge in [-0.15, -0.1) is 0 Å². The maximum absolute atomic E-state index is 6.61. The van der Waals surface area contributed by atoms with Crippen molar-refractivity contribution >= 4 is 76.2 Å². The van der Waals surface area contributed by atoms with E-state index in [4.69, 9.17) is 14.4 Å². The third-order valence-corrected chi connectivity index (χ3v) is 10.2. The molecule has 0 aliphatic heterocycles. The van der Waals surface area contributed by atoms with E-state index in [0.717, 1.165) is 54.9 Å². The number of aromatic nitrogens is 3. The molecule has 0 aliphatic rings. The van der Waals surface area contributed by atoms with Crippen LogP contribution in [-0.2, 0) is 0 Å². The Morgan fingerprint density at radius 1 is 0.420 bits per heavy atom. The second kappa shape index (κ2) is 10.4. The Hall–Kier alpha value is -6.78. The van der Waals surface area contributed by atoms with E-state index in [2.05, 4.69) is 150 Å². The minimum absolute atomic E-state index is 0.612. The Labute approximate surface area is 286 Å². The van der Waals surface area contributed by atoms with Crippen LogP contribution in [0, 0.1) is 0 Å². The summed E-state index contributed by atoms with van der Waals surface area (Å²) in [6.07, 6.45) is 0. The molecule has 0 amide bonds. The summed E-state index contributed by atoms with van der Waals surface area (Å²) in [5, 5.41) is 10.5. The summed E-state index contributed by atoms with van der Waals surface area (Å²) in [6, 6.07) is 58.0. The van der Waals surface area contributed by atoms with Gasteiger partial charge < -0.3 is 4.42 Å². The van der Waals surface area contributed by atoms with Gasteiger partial charge in [0.2, 0.25) is 5.95 Å². The van der Waals surface area contributed by atoms with Crippen LogP contribution in [0.4, 0.5) is 0 Å². The van der Waals surface area contributed by atoms with Gasteiger partial charge in [0, 0.05) is 21.7 Å². The predicted molar refractivity (Wildman–Crippen MR) is 207 cm³/mol. The quantitative estimate of drug-likeness (QED) is 0.194. The highest BCUT2D eigenvalue weighted by molar-refractivity contribution is 6.22. The van der Waals surface area contributed by atoms with Crippen molar-refractivity contribution in [3.8, 4) is 28.3 Å². The van der Waals surface area contributed by atoms with Gasteiger partial charge in [0.05, 0.1) is 11.0 Å². The molecule has 8 aromatic carbocycles. The fourth-order valence-electron chi connectivity index (χ4n) is 7.76. The van der Waals surface area contributed by atoms with Crippen LogP contribution in [0.2, 0.25) is 0 Å². The zero-order chi connectivity index (χ0) is 32.8. The molecule has 4 heteroatoms. The smallest absolute Gasteiger partial charge is 0.236 e. The van der Waals surface area contributed by atoms with Crippen molar-refractivity contribution in [3.63, 3.8) is 0 Å². The van der Waals surface area contributed by atoms with Crippen molar-refractivity contribution < 1.29 is 4.42 Å². The van der Waals surface area contributed by atoms with Crippen LogP contribution in [0.3, 0.4) is 0 Å². The largest absolute Gasteiger partial charge is 0.452 e. The van der Waals surface area contributed by atoms with Crippen LogP contribution in [0.15, 0.2) is 168 Å². The van der Waals surface area contributed by atoms with Gasteiger partial charge in [-0.2, -0.15) is 0 Å². The Bertz CT molecular complexity index is 3150. The predicted octanol–water partition coefficient (Wildman–Crippen LogP) is 12.3. The summed E-state index contributed by atoms with van der Waals surface area (Å²) in [4.78, 5) is 10.7. The molecule has 0 aliphatic carbocycles. The molecule has 3 heterocycles. The summed E-state index contributed by atoms with van der Waals surface area (Å²) in [5.74, 6) is 0.612. The molecule has 0 unspecified atom stereocenters. The molecule has 50 heavy (non-hydrogen) atoms. The zero-order valence-corrected chi connectivity index (χ0v) is 26.8. The lowest BCUT2D eigenvalue weighted by Gasteiger charge is -2.10. The molecule has 0 saturated heterocycles. The van der Waals surface area contributed by atoms with Crippen molar-refractivity contribution in [2.24, 2.45) is 0 Å². The monoisotopic (exact) mass is 637 g/mol. The fourth-order valence-corrected chi connectivity index (χ4v) is 7.76. The van der Waals surface area contributed by atoms with Crippen LogP contribution in [0.5, 0.6) is 0 Å². The van der Waals surface area contributed by atoms with Crippen LogP contribution in [0.25, 0.3) is 105 Å². The molecule has 232 valence electrons. The zero-order valence-electron chi connectivity index (χ0n) is 26.8. The summed E-state index contributed by atoms with van der Waals surface area (Å²) in [6.45, 7) is 0. The Balaban J connectivity index is 1.24. The highest BCUT2D eigenvalue weighted by Crippen LogP contribution is 2.41. The van der Waals surface area contributed by atoms with Gasteiger partial charge in [-0.05, 0) is 79.8 Å². The number of hydrogen-bond acceptors (Lipinski definition) is 3. The molecule has 11 rings (SSSR count). The van der Waals surface area contributed by atoms with E-state index < -0.39 is 0 Å². The first-order valence-corrected chi connectivity index (χ1v) is 16.9. The van der Waals surface area contributed by atoms with Crippen molar-refractivity contribution in [2.45, 2.75) is 0 Å². The number of rotatable bonds is 3. The minimum Gasteiger partial charge on any atom is -0.452 e. The molecule has 0 N–H and O–H groups in total. The first kappa shape index (κ1) is 27.2. The first-order valence-electron chi connectivity index (χ1n) is 16.9. The number of benzene rings is 8. The Kier molecular flexibility index (Phi) is 5.63. The topological polar surface area (TPSA) is 43.9 Å². The number of nitrogens with zero attached hydrogens (tertiary/aromatic N) is 3. The minimum atomic E-state index is 0.612. The van der Waals surface area contributed by atoms with Crippen LogP contribution in [0.1, 0.15) is 0 Å². The van der Waals surface area contributed by atoms with Crippen molar-refractivity contribution in [1.29, 1.82) is 0 Å². The molecule has 0 bridgehead atoms. The average molecular weight is 638 g/mol. The summed E-state index contributed by atoms with van der Waals surface area (Å²) in [7, 11) is 0. The van der Waals surface area contributed by atoms with Crippen molar-refractivity contribution in [2.75, 3.05) is 0 Å². The maximum atomic E-state index is 6.61. The third-order valence-electron chi connectivity index (χ3n) is 10.2. The summed E-state index contributed by atoms with van der Waals surface area (Å²) >= 11 is 0. The molecule has 0 fully saturated rings. The molecule has 0 radical (unpaired) electrons. The molecule has 3 aromatic heterocycles. The Morgan fingerprint density at radius 2 is 1.06 bits per heavy atom. The highest BCUT2D eigenvalue weighted by atomic mass is 16.3. The third kappa shape index (κ3) is 3.99. The van der Waals surface area contributed by atoms with Gasteiger partial charge in [0.1, 0.15) is 16.8 Å². The van der Waals surface area contributed by atoms with Crippen molar-refractivity contribution in [3.05, 3.63) is 164 Å². The molecule has 11 aromatic rings. The van der Waals surface area contributed by atoms with E-state index in [1.807, 2.05) is 18.2 Å². The molecule has 0 atom stereocenters. The van der Waals surface area contributed by atoms with E-state index in [1.54, 1.807) is 0 Å². The van der Waals surface area contributed by atoms with Crippen LogP contribution in [-0.4, -0.2) is 14.5 Å². The fraction of sp³-hybridized carbons (Fsp3) is 0. The first-order chi connectivity index (χ1) is 24.8. The van der Waals surface area contributed by atoms with Gasteiger partial charge in [-0.3, -0.25) is 4.57 Å². The lowest BCUT2D eigenvalue weighted by Crippen LogP contribution is -2.02. The second-order valence-electron chi connectivity index (χ2n) is 13.0. The second-order valence-corrected chi connectivity index (χ2v) is 13.0. The van der Waals surface area contributed by atoms with E-state index in [-0.39, 0.29) is 0 Å². The number of furan rings is 1. The molecule has 0 spiro atoms. The lowest BCUT2D eigenvalue weighted by atomic mass is 9.98. The van der Waals surface area contributed by atoms with Gasteiger partial charge in [-0.1, -0.05) is 127 Å². The van der Waals surface area contributed by atoms with Gasteiger partial charge in [0.25, 0.3) is 0 Å². The standard InChI is InChI=1S/C46H27N3O/c1-2-12-30(13-3-1)43-45-44(38-26-32-15-6-7-16-33(32)27-41(38)50-45)48-46(47-43)49-39-22-21-35(34-19-18-28-10-4-5-14-31(28)24-34)25-37(39)42-36-17-9-8-11-29(36)20-23-40(42)49/h1-27H. The number of hydrogen-bond donors (Lipinski definition) is 0. The van der Waals surface area contributed by atoms with E-state index >= 15 is 0 Å². The molecular weight excluding hydrogens is 611 g/mol. The highest BCUT2D eigenvalue weighted by Gasteiger charge is 2.22. The summed E-state index contributed by atoms with van der Waals surface area (Å²) in [5.41, 5.74) is 8.52. The van der Waals surface area contributed by atoms with E-state index in [1.165, 1.54) is 38.1 Å². The maximum Gasteiger partial charge on any atom is 0.236 e.